The van der Waals surface area contributed by atoms with E-state index in [9.17, 15) is 109 Å². The fourth-order valence-corrected chi connectivity index (χ4v) is 13.2. The predicted octanol–water partition coefficient (Wildman–Crippen LogP) is 3.15. The van der Waals surface area contributed by atoms with Crippen molar-refractivity contribution in [2.24, 2.45) is 4.99 Å². The molecule has 6 aromatic rings. The number of nitro benzene ring substituents is 2. The minimum atomic E-state index is -1.07. The molecule has 38 heteroatoms. The molecule has 0 radical (unpaired) electrons. The van der Waals surface area contributed by atoms with Crippen molar-refractivity contribution in [2.45, 2.75) is 76.7 Å². The number of carbonyl (C=O) groups is 9. The Morgan fingerprint density at radius 3 is 0.811 bits per heavy atom. The van der Waals surface area contributed by atoms with Crippen molar-refractivity contribution in [3.8, 4) is 0 Å². The van der Waals surface area contributed by atoms with Crippen molar-refractivity contribution in [2.75, 3.05) is 118 Å². The van der Waals surface area contributed by atoms with Crippen LogP contribution in [0.15, 0.2) is 132 Å². The lowest BCUT2D eigenvalue weighted by molar-refractivity contribution is -0.385. The molecule has 6 heterocycles. The Morgan fingerprint density at radius 2 is 0.577 bits per heavy atom. The highest BCUT2D eigenvalue weighted by atomic mass is 32.1. The number of aromatic nitrogens is 3. The van der Waals surface area contributed by atoms with Crippen LogP contribution in [0.4, 0.5) is 17.1 Å². The van der Waals surface area contributed by atoms with Gasteiger partial charge in [0.1, 0.15) is 0 Å². The van der Waals surface area contributed by atoms with E-state index < -0.39 is 75.7 Å². The van der Waals surface area contributed by atoms with E-state index in [2.05, 4.69) is 37.3 Å². The topological polar surface area (TPSA) is 502 Å². The van der Waals surface area contributed by atoms with Crippen LogP contribution >= 0.6 is 12.2 Å². The number of non-ortho nitro benzene ring substituents is 2. The third kappa shape index (κ3) is 31.6. The summed E-state index contributed by atoms with van der Waals surface area (Å²) in [5.41, 5.74) is 6.59. The Morgan fingerprint density at radius 1 is 0.351 bits per heavy atom. The Bertz CT molecular complexity index is 3850. The average Bonchev–Trinajstić information content (AvgIpc) is 0.844. The van der Waals surface area contributed by atoms with Gasteiger partial charge >= 0.3 is 53.7 Å². The number of nitrogens with zero attached hydrogens (tertiary/aromatic N) is 15. The molecule has 3 aromatic carbocycles. The highest BCUT2D eigenvalue weighted by Gasteiger charge is 2.32. The zero-order valence-electron chi connectivity index (χ0n) is 60.4. The molecule has 37 nitrogen and oxygen atoms in total. The van der Waals surface area contributed by atoms with Gasteiger partial charge in [0.15, 0.2) is 0 Å². The van der Waals surface area contributed by atoms with E-state index in [0.29, 0.717) is 72.2 Å². The van der Waals surface area contributed by atoms with Gasteiger partial charge in [-0.15, -0.1) is 0 Å². The predicted molar refractivity (Wildman–Crippen MR) is 398 cm³/mol. The summed E-state index contributed by atoms with van der Waals surface area (Å²) in [6.07, 6.45) is 1.06. The molecule has 0 aliphatic carbocycles. The molecule has 3 aliphatic heterocycles. The van der Waals surface area contributed by atoms with Gasteiger partial charge < -0.3 is 46.0 Å². The van der Waals surface area contributed by atoms with Crippen LogP contribution < -0.4 is 0 Å². The molecule has 111 heavy (non-hydrogen) atoms. The highest BCUT2D eigenvalue weighted by molar-refractivity contribution is 7.78. The van der Waals surface area contributed by atoms with Gasteiger partial charge in [0.05, 0.1) is 114 Å². The van der Waals surface area contributed by atoms with Gasteiger partial charge in [-0.05, 0) is 96.7 Å². The maximum Gasteiger partial charge on any atom is 0.317 e. The number of rotatable bonds is 27. The maximum absolute atomic E-state index is 11.8. The minimum Gasteiger partial charge on any atom is -0.480 e. The number of carboxylic acid groups (broad SMARTS) is 9. The van der Waals surface area contributed by atoms with Crippen LogP contribution in [0.1, 0.15) is 50.9 Å². The standard InChI is InChI=1S/C25H29N5O6S.2C24H29N5O8/c31-23(32)14-28-8-9-29(15-24(33)34)13-22(10-18-4-6-19(7-5-18)26-17-37)30(16-25(35)36)12-21-3-1-2-20(11-28)27-21;2*30-22(31)14-26-8-9-27(15-23(32)33)13-21(10-17-4-6-20(7-5-17)29(36)37)28(16-24(34)35)12-19-3-1-2-18(11-26)25-19/h1-7,22H,8-16H2,(H,31,32)(H,33,34)(H,35,36);2*1-7,21H,8-16H2,(H,30,31)(H,32,33)(H,34,35)/t22-;2*21-/m010/s1. The number of benzene rings is 3. The number of isothiocyanates is 1. The lowest BCUT2D eigenvalue weighted by atomic mass is 10.0. The van der Waals surface area contributed by atoms with Gasteiger partial charge in [-0.1, -0.05) is 54.6 Å². The molecule has 3 aromatic heterocycles. The molecule has 592 valence electrons. The largest absolute Gasteiger partial charge is 0.480 e. The molecule has 9 rings (SSSR count). The van der Waals surface area contributed by atoms with Crippen molar-refractivity contribution in [1.29, 1.82) is 0 Å². The fourth-order valence-electron chi connectivity index (χ4n) is 13.1. The van der Waals surface area contributed by atoms with Gasteiger partial charge in [0.25, 0.3) is 11.4 Å². The van der Waals surface area contributed by atoms with Crippen LogP contribution in [0.3, 0.4) is 0 Å². The number of carboxylic acids is 9. The molecule has 0 amide bonds. The van der Waals surface area contributed by atoms with Crippen LogP contribution in [0.5, 0.6) is 0 Å². The Balaban J connectivity index is 0.000000231. The van der Waals surface area contributed by atoms with Crippen LogP contribution in [0.25, 0.3) is 0 Å². The summed E-state index contributed by atoms with van der Waals surface area (Å²) < 4.78 is 0. The summed E-state index contributed by atoms with van der Waals surface area (Å²) in [4.78, 5) is 159. The van der Waals surface area contributed by atoms with Gasteiger partial charge in [0.2, 0.25) is 0 Å². The first-order valence-electron chi connectivity index (χ1n) is 34.9. The summed E-state index contributed by atoms with van der Waals surface area (Å²) in [6, 6.07) is 33.9. The van der Waals surface area contributed by atoms with Crippen LogP contribution in [-0.2, 0) is 102 Å². The number of pyridine rings is 3. The molecular weight excluding hydrogens is 1470 g/mol. The number of aliphatic carboxylic acids is 9. The first-order valence-corrected chi connectivity index (χ1v) is 35.3. The van der Waals surface area contributed by atoms with Crippen molar-refractivity contribution >= 4 is 88.2 Å². The summed E-state index contributed by atoms with van der Waals surface area (Å²) in [5.74, 6) is -9.30. The van der Waals surface area contributed by atoms with Crippen molar-refractivity contribution < 1.29 is 99.0 Å². The lowest BCUT2D eigenvalue weighted by Gasteiger charge is -2.35. The van der Waals surface area contributed by atoms with Crippen LogP contribution in [0.2, 0.25) is 0 Å². The quantitative estimate of drug-likeness (QED) is 0.0155. The second-order valence-corrected chi connectivity index (χ2v) is 26.9. The summed E-state index contributed by atoms with van der Waals surface area (Å²) in [7, 11) is 0. The van der Waals surface area contributed by atoms with E-state index in [1.165, 1.54) is 24.3 Å². The van der Waals surface area contributed by atoms with E-state index >= 15 is 0 Å². The smallest absolute Gasteiger partial charge is 0.317 e. The van der Waals surface area contributed by atoms with Crippen molar-refractivity contribution in [3.63, 3.8) is 0 Å². The maximum atomic E-state index is 11.8. The number of hydrogen-bond donors (Lipinski definition) is 9. The van der Waals surface area contributed by atoms with Crippen molar-refractivity contribution in [3.05, 3.63) is 198 Å². The molecule has 9 N–H and O–H groups in total. The summed E-state index contributed by atoms with van der Waals surface area (Å²) in [6.45, 7) is 1.03. The summed E-state index contributed by atoms with van der Waals surface area (Å²) in [5, 5.41) is 110. The SMILES string of the molecule is O=C(O)CN1CCN(CC(=O)O)C[C@@H](Cc2ccc([N+](=O)[O-])cc2)N(CC(=O)O)Cc2cccc(n2)C1.O=C(O)CN1CCN(CC(=O)O)C[C@H](Cc2ccc(N=C=S)cc2)N(CC(=O)O)Cc2cccc(n2)C1.O=C(O)CN1CCN(CC(=O)O)C[C@H](Cc2ccc([N+](=O)[O-])cc2)N(CC(=O)O)Cc2cccc(n2)C1. The van der Waals surface area contributed by atoms with Crippen LogP contribution in [0, 0.1) is 20.2 Å². The fraction of sp³-hybridized carbons (Fsp3) is 0.411. The highest BCUT2D eigenvalue weighted by Crippen LogP contribution is 2.24. The van der Waals surface area contributed by atoms with E-state index in [0.717, 1.165) is 16.7 Å². The molecule has 0 unspecified atom stereocenters. The Labute approximate surface area is 641 Å². The zero-order chi connectivity index (χ0) is 80.7. The second kappa shape index (κ2) is 43.7. The third-order valence-electron chi connectivity index (χ3n) is 18.0. The summed E-state index contributed by atoms with van der Waals surface area (Å²) >= 11 is 4.65. The van der Waals surface area contributed by atoms with E-state index in [4.69, 9.17) is 0 Å². The lowest BCUT2D eigenvalue weighted by Crippen LogP contribution is -2.50. The van der Waals surface area contributed by atoms with Gasteiger partial charge in [-0.2, -0.15) is 4.99 Å². The minimum absolute atomic E-state index is 0.0723. The average molecular weight is 1560 g/mol. The van der Waals surface area contributed by atoms with E-state index in [1.807, 2.05) is 18.2 Å². The third-order valence-corrected chi connectivity index (χ3v) is 18.1. The van der Waals surface area contributed by atoms with Crippen molar-refractivity contribution in [1.82, 2.24) is 59.1 Å². The first kappa shape index (κ1) is 86.8. The number of fused-ring (bicyclic) bond motifs is 6. The zero-order valence-corrected chi connectivity index (χ0v) is 61.2. The van der Waals surface area contributed by atoms with Gasteiger partial charge in [-0.3, -0.25) is 122 Å². The Hall–Kier alpha value is -11.4. The normalized spacial score (nSPS) is 17.8. The number of thiocarbonyl (C=S) groups is 1. The molecule has 0 spiro atoms. The Kier molecular flexibility index (Phi) is 34.2. The van der Waals surface area contributed by atoms with E-state index in [1.54, 1.807) is 129 Å². The second-order valence-electron chi connectivity index (χ2n) is 26.7. The molecule has 0 fully saturated rings. The van der Waals surface area contributed by atoms with E-state index in [-0.39, 0.29) is 161 Å². The molecule has 3 aliphatic rings. The van der Waals surface area contributed by atoms with Gasteiger partial charge in [-0.25, -0.2) is 0 Å². The van der Waals surface area contributed by atoms with Gasteiger partial charge in [0, 0.05) is 141 Å². The number of aliphatic imine (C=N–C) groups is 1. The molecule has 0 saturated carbocycles. The molecular formula is C73H87N15O22S. The number of hydrogen-bond acceptors (Lipinski definition) is 27. The van der Waals surface area contributed by atoms with Crippen LogP contribution in [-0.4, -0.2) is 310 Å². The molecule has 3 atom stereocenters. The molecule has 6 bridgehead atoms. The molecule has 0 saturated heterocycles. The number of nitro groups is 2. The monoisotopic (exact) mass is 1560 g/mol. The first-order chi connectivity index (χ1) is 52.9.